The van der Waals surface area contributed by atoms with E-state index in [9.17, 15) is 19.0 Å². The first-order chi connectivity index (χ1) is 34.4. The number of nitrogens with zero attached hydrogens (tertiary/aromatic N) is 1. The molecule has 0 fully saturated rings. The molecule has 71 heavy (non-hydrogen) atoms. The largest absolute Gasteiger partial charge is 0.756 e. The number of phosphoric ester groups is 1. The zero-order valence-corrected chi connectivity index (χ0v) is 47.8. The summed E-state index contributed by atoms with van der Waals surface area (Å²) in [6, 6.07) is -0.900. The number of carbonyl (C=O) groups excluding carboxylic acids is 2. The third-order valence-corrected chi connectivity index (χ3v) is 13.6. The van der Waals surface area contributed by atoms with E-state index in [0.717, 1.165) is 96.3 Å². The predicted octanol–water partition coefficient (Wildman–Crippen LogP) is 17.0. The molecule has 412 valence electrons. The topological polar surface area (TPSA) is 114 Å². The van der Waals surface area contributed by atoms with Crippen LogP contribution in [0.25, 0.3) is 0 Å². The number of allylic oxidation sites excluding steroid dienone is 11. The number of unbranched alkanes of at least 4 members (excludes halogenated alkanes) is 28. The Hall–Kier alpha value is -2.55. The number of likely N-dealkylation sites (N-methyl/N-ethyl adjacent to an activating group) is 1. The van der Waals surface area contributed by atoms with E-state index in [4.69, 9.17) is 13.8 Å². The van der Waals surface area contributed by atoms with Crippen LogP contribution in [0.5, 0.6) is 0 Å². The van der Waals surface area contributed by atoms with Crippen LogP contribution in [0, 0.1) is 0 Å². The van der Waals surface area contributed by atoms with Crippen molar-refractivity contribution >= 4 is 19.7 Å². The molecule has 0 aliphatic carbocycles. The van der Waals surface area contributed by atoms with Gasteiger partial charge in [0.25, 0.3) is 7.82 Å². The molecule has 0 aliphatic heterocycles. The smallest absolute Gasteiger partial charge is 0.306 e. The van der Waals surface area contributed by atoms with Gasteiger partial charge in [0, 0.05) is 12.8 Å². The molecule has 1 amide bonds. The fourth-order valence-electron chi connectivity index (χ4n) is 8.14. The van der Waals surface area contributed by atoms with Crippen LogP contribution in [0.3, 0.4) is 0 Å². The molecule has 0 aromatic rings. The van der Waals surface area contributed by atoms with Gasteiger partial charge in [-0.25, -0.2) is 0 Å². The van der Waals surface area contributed by atoms with Crippen LogP contribution >= 0.6 is 7.82 Å². The van der Waals surface area contributed by atoms with E-state index in [1.807, 2.05) is 33.3 Å². The Morgan fingerprint density at radius 2 is 0.958 bits per heavy atom. The Balaban J connectivity index is 5.38. The maximum absolute atomic E-state index is 13.5. The van der Waals surface area contributed by atoms with Gasteiger partial charge in [0.15, 0.2) is 0 Å². The molecule has 0 spiro atoms. The first-order valence-corrected chi connectivity index (χ1v) is 30.7. The average molecular weight is 1020 g/mol. The summed E-state index contributed by atoms with van der Waals surface area (Å²) in [6.45, 7) is 6.67. The number of ether oxygens (including phenoxy) is 1. The Labute approximate surface area is 438 Å². The molecular formula is C61H111N2O7P. The van der Waals surface area contributed by atoms with Crippen molar-refractivity contribution in [1.82, 2.24) is 5.32 Å². The second-order valence-electron chi connectivity index (χ2n) is 20.8. The van der Waals surface area contributed by atoms with Gasteiger partial charge in [-0.05, 0) is 83.1 Å². The van der Waals surface area contributed by atoms with E-state index in [1.165, 1.54) is 122 Å². The normalized spacial score (nSPS) is 14.3. The van der Waals surface area contributed by atoms with Gasteiger partial charge in [-0.1, -0.05) is 229 Å². The van der Waals surface area contributed by atoms with E-state index in [-0.39, 0.29) is 24.9 Å². The molecular weight excluding hydrogens is 904 g/mol. The molecule has 0 saturated heterocycles. The first kappa shape index (κ1) is 68.5. The van der Waals surface area contributed by atoms with Crippen molar-refractivity contribution in [2.75, 3.05) is 40.9 Å². The molecule has 0 bridgehead atoms. The molecule has 0 saturated carbocycles. The zero-order valence-electron chi connectivity index (χ0n) is 46.9. The number of rotatable bonds is 52. The van der Waals surface area contributed by atoms with Crippen molar-refractivity contribution in [3.8, 4) is 0 Å². The molecule has 10 heteroatoms. The van der Waals surface area contributed by atoms with Gasteiger partial charge in [0.1, 0.15) is 19.3 Å². The van der Waals surface area contributed by atoms with E-state index < -0.39 is 26.6 Å². The lowest BCUT2D eigenvalue weighted by molar-refractivity contribution is -0.870. The van der Waals surface area contributed by atoms with Gasteiger partial charge in [-0.15, -0.1) is 0 Å². The highest BCUT2D eigenvalue weighted by Crippen LogP contribution is 2.38. The summed E-state index contributed by atoms with van der Waals surface area (Å²) in [5.41, 5.74) is 0. The number of amides is 1. The van der Waals surface area contributed by atoms with Crippen LogP contribution in [-0.2, 0) is 27.9 Å². The Morgan fingerprint density at radius 3 is 1.48 bits per heavy atom. The molecule has 0 aliphatic rings. The predicted molar refractivity (Wildman–Crippen MR) is 302 cm³/mol. The third-order valence-electron chi connectivity index (χ3n) is 12.7. The highest BCUT2D eigenvalue weighted by Gasteiger charge is 2.27. The number of hydrogen-bond donors (Lipinski definition) is 1. The monoisotopic (exact) mass is 1010 g/mol. The summed E-state index contributed by atoms with van der Waals surface area (Å²) >= 11 is 0. The van der Waals surface area contributed by atoms with Crippen LogP contribution < -0.4 is 10.2 Å². The minimum Gasteiger partial charge on any atom is -0.756 e. The molecule has 3 atom stereocenters. The zero-order chi connectivity index (χ0) is 52.2. The number of phosphoric acid groups is 1. The minimum absolute atomic E-state index is 0.0286. The number of esters is 1. The van der Waals surface area contributed by atoms with Gasteiger partial charge in [0.2, 0.25) is 5.91 Å². The Kier molecular flexibility index (Phi) is 49.1. The molecule has 0 radical (unpaired) electrons. The standard InChI is InChI=1S/C61H111N2O7P/c1-7-10-13-16-19-22-25-28-30-31-33-36-39-42-45-48-51-54-61(65)70-59(52-49-46-43-40-37-34-27-24-21-18-15-12-9-3)58(57-69-71(66,67)68-56-55-63(4,5)6)62-60(64)53-50-47-44-41-38-35-32-29-26-23-20-17-14-11-8-2/h11,14,17,19-20,22-23,26,28,30,49,52,58-59H,7-10,12-13,15-16,18,21,24-25,27,29,31-48,50-51,53-57H2,1-6H3,(H-,62,64,66,67)/b14-11+,20-17+,22-19-,26-23+,30-28-,52-49+. The van der Waals surface area contributed by atoms with Gasteiger partial charge in [-0.3, -0.25) is 14.2 Å². The molecule has 0 aromatic carbocycles. The summed E-state index contributed by atoms with van der Waals surface area (Å²) in [6.07, 6.45) is 64.3. The van der Waals surface area contributed by atoms with Gasteiger partial charge >= 0.3 is 5.97 Å². The summed E-state index contributed by atoms with van der Waals surface area (Å²) in [7, 11) is 1.16. The third kappa shape index (κ3) is 52.1. The van der Waals surface area contributed by atoms with Crippen LogP contribution in [0.4, 0.5) is 0 Å². The quantitative estimate of drug-likeness (QED) is 0.0161. The fraction of sp³-hybridized carbons (Fsp3) is 0.770. The van der Waals surface area contributed by atoms with E-state index in [1.54, 1.807) is 0 Å². The highest BCUT2D eigenvalue weighted by atomic mass is 31.2. The molecule has 3 unspecified atom stereocenters. The van der Waals surface area contributed by atoms with E-state index in [2.05, 4.69) is 86.8 Å². The lowest BCUT2D eigenvalue weighted by Gasteiger charge is -2.30. The molecule has 0 rings (SSSR count). The summed E-state index contributed by atoms with van der Waals surface area (Å²) in [4.78, 5) is 39.9. The van der Waals surface area contributed by atoms with Crippen molar-refractivity contribution in [3.05, 3.63) is 72.9 Å². The second kappa shape index (κ2) is 51.0. The van der Waals surface area contributed by atoms with Gasteiger partial charge < -0.3 is 28.5 Å². The van der Waals surface area contributed by atoms with Crippen molar-refractivity contribution in [1.29, 1.82) is 0 Å². The number of quaternary nitrogens is 1. The lowest BCUT2D eigenvalue weighted by atomic mass is 10.0. The summed E-state index contributed by atoms with van der Waals surface area (Å²) < 4.78 is 30.3. The van der Waals surface area contributed by atoms with Crippen molar-refractivity contribution in [2.45, 2.75) is 264 Å². The van der Waals surface area contributed by atoms with E-state index >= 15 is 0 Å². The van der Waals surface area contributed by atoms with Crippen LogP contribution in [0.2, 0.25) is 0 Å². The molecule has 0 aromatic heterocycles. The van der Waals surface area contributed by atoms with Gasteiger partial charge in [0.05, 0.1) is 33.8 Å². The number of nitrogens with one attached hydrogen (secondary N) is 1. The van der Waals surface area contributed by atoms with Crippen molar-refractivity contribution in [3.63, 3.8) is 0 Å². The van der Waals surface area contributed by atoms with E-state index in [0.29, 0.717) is 17.4 Å². The number of carbonyl (C=O) groups is 2. The van der Waals surface area contributed by atoms with Crippen LogP contribution in [0.15, 0.2) is 72.9 Å². The minimum atomic E-state index is -4.70. The van der Waals surface area contributed by atoms with Crippen LogP contribution in [-0.4, -0.2) is 69.4 Å². The SMILES string of the molecule is CC/C=C/C=C/C=C/CCCCCCCCCC(=O)NC(COP(=O)([O-])OCC[N+](C)(C)C)C(/C=C/CCCCCCCCCCCCC)OC(=O)CCCCCCCCC/C=C\C/C=C\CCCCC. The van der Waals surface area contributed by atoms with Crippen molar-refractivity contribution in [2.24, 2.45) is 0 Å². The maximum Gasteiger partial charge on any atom is 0.306 e. The first-order valence-electron chi connectivity index (χ1n) is 29.3. The molecule has 0 heterocycles. The lowest BCUT2D eigenvalue weighted by Crippen LogP contribution is -2.47. The summed E-state index contributed by atoms with van der Waals surface area (Å²) in [5, 5.41) is 3.01. The second-order valence-corrected chi connectivity index (χ2v) is 22.2. The highest BCUT2D eigenvalue weighted by molar-refractivity contribution is 7.45. The van der Waals surface area contributed by atoms with Gasteiger partial charge in [-0.2, -0.15) is 0 Å². The maximum atomic E-state index is 13.5. The fourth-order valence-corrected chi connectivity index (χ4v) is 8.86. The average Bonchev–Trinajstić information content (AvgIpc) is 3.33. The van der Waals surface area contributed by atoms with Crippen molar-refractivity contribution < 1.29 is 37.3 Å². The Morgan fingerprint density at radius 1 is 0.521 bits per heavy atom. The summed E-state index contributed by atoms with van der Waals surface area (Å²) in [5.74, 6) is -0.564. The van der Waals surface area contributed by atoms with Crippen LogP contribution in [0.1, 0.15) is 252 Å². The molecule has 9 nitrogen and oxygen atoms in total. The number of hydrogen-bond acceptors (Lipinski definition) is 7. The molecule has 1 N–H and O–H groups in total. The Bertz CT molecular complexity index is 1450.